The van der Waals surface area contributed by atoms with Gasteiger partial charge in [0.1, 0.15) is 0 Å². The summed E-state index contributed by atoms with van der Waals surface area (Å²) in [7, 11) is 0. The maximum Gasteiger partial charge on any atom is 0.0499 e. The van der Waals surface area contributed by atoms with Crippen LogP contribution in [0.2, 0.25) is 0 Å². The van der Waals surface area contributed by atoms with Crippen LogP contribution in [0.4, 0.5) is 0 Å². The average molecular weight is 111 g/mol. The second kappa shape index (κ2) is 2.85. The minimum Gasteiger partial charge on any atom is -0.294 e. The lowest BCUT2D eigenvalue weighted by atomic mass is 10.1. The third-order valence-corrected chi connectivity index (χ3v) is 1.57. The van der Waals surface area contributed by atoms with E-state index >= 15 is 0 Å². The molecule has 1 atom stereocenters. The summed E-state index contributed by atoms with van der Waals surface area (Å²) in [6.45, 7) is 2.22. The number of aliphatic imine (C=N–C) groups is 1. The Kier molecular flexibility index (Phi) is 2.07. The average Bonchev–Trinajstić information content (AvgIpc) is 2.19. The molecule has 0 spiro atoms. The molecular weight excluding hydrogens is 98.1 g/mol. The molecule has 1 rings (SSSR count). The highest BCUT2D eigenvalue weighted by Gasteiger charge is 2.07. The second-order valence-corrected chi connectivity index (χ2v) is 2.35. The van der Waals surface area contributed by atoms with E-state index in [4.69, 9.17) is 0 Å². The van der Waals surface area contributed by atoms with Crippen LogP contribution in [0.5, 0.6) is 0 Å². The fourth-order valence-electron chi connectivity index (χ4n) is 1.12. The Hall–Kier alpha value is -0.330. The normalized spacial score (nSPS) is 26.9. The predicted molar refractivity (Wildman–Crippen MR) is 36.4 cm³/mol. The molecule has 1 unspecified atom stereocenters. The van der Waals surface area contributed by atoms with Crippen LogP contribution in [-0.4, -0.2) is 12.3 Å². The van der Waals surface area contributed by atoms with Crippen molar-refractivity contribution >= 4 is 6.21 Å². The van der Waals surface area contributed by atoms with E-state index in [-0.39, 0.29) is 0 Å². The zero-order valence-corrected chi connectivity index (χ0v) is 5.43. The van der Waals surface area contributed by atoms with Crippen LogP contribution in [0.3, 0.4) is 0 Å². The third kappa shape index (κ3) is 1.32. The van der Waals surface area contributed by atoms with Crippen molar-refractivity contribution in [2.45, 2.75) is 38.6 Å². The number of hydrogen-bond donors (Lipinski definition) is 0. The molecule has 0 aromatic heterocycles. The maximum absolute atomic E-state index is 4.30. The van der Waals surface area contributed by atoms with Crippen molar-refractivity contribution in [1.82, 2.24) is 0 Å². The van der Waals surface area contributed by atoms with E-state index < -0.39 is 0 Å². The highest BCUT2D eigenvalue weighted by atomic mass is 14.8. The van der Waals surface area contributed by atoms with Gasteiger partial charge in [0.15, 0.2) is 0 Å². The lowest BCUT2D eigenvalue weighted by Crippen LogP contribution is -1.96. The Morgan fingerprint density at radius 2 is 2.62 bits per heavy atom. The van der Waals surface area contributed by atoms with E-state index in [1.165, 1.54) is 25.7 Å². The van der Waals surface area contributed by atoms with Gasteiger partial charge in [0.2, 0.25) is 0 Å². The first-order valence-electron chi connectivity index (χ1n) is 3.45. The monoisotopic (exact) mass is 111 g/mol. The molecule has 0 aromatic carbocycles. The van der Waals surface area contributed by atoms with Gasteiger partial charge in [-0.25, -0.2) is 0 Å². The molecule has 1 nitrogen and oxygen atoms in total. The lowest BCUT2D eigenvalue weighted by Gasteiger charge is -2.00. The quantitative estimate of drug-likeness (QED) is 0.517. The fourth-order valence-corrected chi connectivity index (χ4v) is 1.12. The highest BCUT2D eigenvalue weighted by Crippen LogP contribution is 2.12. The van der Waals surface area contributed by atoms with Crippen molar-refractivity contribution < 1.29 is 0 Å². The van der Waals surface area contributed by atoms with Crippen molar-refractivity contribution in [2.75, 3.05) is 0 Å². The minimum atomic E-state index is 0.681. The summed E-state index contributed by atoms with van der Waals surface area (Å²) in [6, 6.07) is 0.681. The molecule has 0 fully saturated rings. The first-order valence-corrected chi connectivity index (χ1v) is 3.45. The van der Waals surface area contributed by atoms with Crippen LogP contribution in [0.1, 0.15) is 32.6 Å². The van der Waals surface area contributed by atoms with Gasteiger partial charge in [-0.2, -0.15) is 0 Å². The summed E-state index contributed by atoms with van der Waals surface area (Å²) in [5, 5.41) is 0. The first-order chi connectivity index (χ1) is 3.93. The number of nitrogens with zero attached hydrogens (tertiary/aromatic N) is 1. The largest absolute Gasteiger partial charge is 0.294 e. The van der Waals surface area contributed by atoms with Crippen LogP contribution in [0.15, 0.2) is 4.99 Å². The van der Waals surface area contributed by atoms with Gasteiger partial charge in [0.25, 0.3) is 0 Å². The molecule has 1 heteroatoms. The molecule has 0 saturated heterocycles. The second-order valence-electron chi connectivity index (χ2n) is 2.35. The van der Waals surface area contributed by atoms with Crippen molar-refractivity contribution in [2.24, 2.45) is 4.99 Å². The summed E-state index contributed by atoms with van der Waals surface area (Å²) >= 11 is 0. The predicted octanol–water partition coefficient (Wildman–Crippen LogP) is 2.02. The zero-order chi connectivity index (χ0) is 5.82. The van der Waals surface area contributed by atoms with Crippen LogP contribution in [0.25, 0.3) is 0 Å². The van der Waals surface area contributed by atoms with Crippen molar-refractivity contribution in [3.05, 3.63) is 0 Å². The molecule has 0 aliphatic carbocycles. The summed E-state index contributed by atoms with van der Waals surface area (Å²) < 4.78 is 0. The van der Waals surface area contributed by atoms with Gasteiger partial charge in [-0.3, -0.25) is 4.99 Å². The molecule has 0 aromatic rings. The third-order valence-electron chi connectivity index (χ3n) is 1.57. The Balaban J connectivity index is 2.16. The van der Waals surface area contributed by atoms with Crippen LogP contribution in [0, 0.1) is 0 Å². The Morgan fingerprint density at radius 1 is 1.75 bits per heavy atom. The van der Waals surface area contributed by atoms with Crippen LogP contribution in [-0.2, 0) is 0 Å². The summed E-state index contributed by atoms with van der Waals surface area (Å²) in [6.07, 6.45) is 7.14. The molecule has 1 aliphatic rings. The molecule has 8 heavy (non-hydrogen) atoms. The summed E-state index contributed by atoms with van der Waals surface area (Å²) in [5.41, 5.74) is 0. The first kappa shape index (κ1) is 5.80. The number of rotatable bonds is 2. The minimum absolute atomic E-state index is 0.681. The SMILES string of the molecule is CCCC1CCC=N1. The van der Waals surface area contributed by atoms with Crippen molar-refractivity contribution in [3.8, 4) is 0 Å². The fraction of sp³-hybridized carbons (Fsp3) is 0.857. The van der Waals surface area contributed by atoms with Crippen LogP contribution < -0.4 is 0 Å². The highest BCUT2D eigenvalue weighted by molar-refractivity contribution is 5.59. The van der Waals surface area contributed by atoms with E-state index in [0.29, 0.717) is 6.04 Å². The molecule has 1 aliphatic heterocycles. The van der Waals surface area contributed by atoms with Gasteiger partial charge in [-0.05, 0) is 25.5 Å². The Bertz CT molecular complexity index is 86.4. The van der Waals surface area contributed by atoms with Gasteiger partial charge in [0.05, 0.1) is 0 Å². The van der Waals surface area contributed by atoms with Crippen molar-refractivity contribution in [3.63, 3.8) is 0 Å². The van der Waals surface area contributed by atoms with Gasteiger partial charge in [0, 0.05) is 6.04 Å². The van der Waals surface area contributed by atoms with Crippen molar-refractivity contribution in [1.29, 1.82) is 0 Å². The summed E-state index contributed by atoms with van der Waals surface area (Å²) in [4.78, 5) is 4.30. The molecule has 0 amide bonds. The number of hydrogen-bond acceptors (Lipinski definition) is 1. The lowest BCUT2D eigenvalue weighted by molar-refractivity contribution is 0.604. The van der Waals surface area contributed by atoms with E-state index in [0.717, 1.165) is 0 Å². The van der Waals surface area contributed by atoms with Gasteiger partial charge < -0.3 is 0 Å². The Morgan fingerprint density at radius 3 is 3.12 bits per heavy atom. The Labute approximate surface area is 50.8 Å². The van der Waals surface area contributed by atoms with E-state index in [2.05, 4.69) is 18.1 Å². The summed E-state index contributed by atoms with van der Waals surface area (Å²) in [5.74, 6) is 0. The smallest absolute Gasteiger partial charge is 0.0499 e. The van der Waals surface area contributed by atoms with Crippen LogP contribution >= 0.6 is 0 Å². The van der Waals surface area contributed by atoms with Gasteiger partial charge in [-0.15, -0.1) is 0 Å². The molecule has 0 bridgehead atoms. The zero-order valence-electron chi connectivity index (χ0n) is 5.43. The standard InChI is InChI=1S/C7H13N/c1-2-4-7-5-3-6-8-7/h6-7H,2-5H2,1H3. The van der Waals surface area contributed by atoms with E-state index in [9.17, 15) is 0 Å². The van der Waals surface area contributed by atoms with Gasteiger partial charge >= 0.3 is 0 Å². The maximum atomic E-state index is 4.30. The molecule has 0 saturated carbocycles. The van der Waals surface area contributed by atoms with E-state index in [1.54, 1.807) is 0 Å². The molecule has 0 N–H and O–H groups in total. The molecule has 46 valence electrons. The molecule has 1 heterocycles. The molecule has 0 radical (unpaired) electrons. The topological polar surface area (TPSA) is 12.4 Å². The molecular formula is C7H13N. The van der Waals surface area contributed by atoms with E-state index in [1.807, 2.05) is 0 Å². The van der Waals surface area contributed by atoms with Gasteiger partial charge in [-0.1, -0.05) is 13.3 Å².